The third-order valence-corrected chi connectivity index (χ3v) is 8.08. The van der Waals surface area contributed by atoms with Gasteiger partial charge in [0.05, 0.1) is 27.0 Å². The molecule has 1 aliphatic heterocycles. The molecular weight excluding hydrogens is 532 g/mol. The highest BCUT2D eigenvalue weighted by atomic mass is 32.2. The molecule has 4 rings (SSSR count). The van der Waals surface area contributed by atoms with Gasteiger partial charge in [0.25, 0.3) is 0 Å². The molecule has 1 aromatic carbocycles. The van der Waals surface area contributed by atoms with Crippen LogP contribution in [0.5, 0.6) is 0 Å². The van der Waals surface area contributed by atoms with E-state index in [1.54, 1.807) is 18.7 Å². The van der Waals surface area contributed by atoms with Crippen LogP contribution in [0.4, 0.5) is 20.2 Å². The van der Waals surface area contributed by atoms with E-state index in [-0.39, 0.29) is 21.6 Å². The molecule has 0 aliphatic carbocycles. The highest BCUT2D eigenvalue weighted by molar-refractivity contribution is 8.00. The van der Waals surface area contributed by atoms with Crippen molar-refractivity contribution in [1.82, 2.24) is 4.57 Å². The Morgan fingerprint density at radius 2 is 1.85 bits per heavy atom. The number of aromatic carboxylic acids is 1. The van der Waals surface area contributed by atoms with Gasteiger partial charge in [0.2, 0.25) is 5.43 Å². The van der Waals surface area contributed by atoms with Crippen LogP contribution in [0.25, 0.3) is 10.9 Å². The largest absolute Gasteiger partial charge is 0.519 e. The number of benzene rings is 1. The van der Waals surface area contributed by atoms with Gasteiger partial charge < -0.3 is 29.1 Å². The summed E-state index contributed by atoms with van der Waals surface area (Å²) in [5, 5.41) is 8.95. The summed E-state index contributed by atoms with van der Waals surface area (Å²) in [7, 11) is 0. The number of hydrogen-bond donors (Lipinski definition) is 2. The zero-order valence-electron chi connectivity index (χ0n) is 23.0. The van der Waals surface area contributed by atoms with Crippen LogP contribution in [0.3, 0.4) is 0 Å². The van der Waals surface area contributed by atoms with Crippen molar-refractivity contribution in [2.45, 2.75) is 77.6 Å². The average molecular weight is 568 g/mol. The Bertz CT molecular complexity index is 1500. The number of pyridine rings is 1. The van der Waals surface area contributed by atoms with Crippen LogP contribution in [0.15, 0.2) is 23.4 Å². The van der Waals surface area contributed by atoms with E-state index in [1.807, 2.05) is 13.8 Å². The third-order valence-electron chi connectivity index (χ3n) is 6.91. The van der Waals surface area contributed by atoms with Crippen LogP contribution in [0, 0.1) is 24.5 Å². The Morgan fingerprint density at radius 3 is 2.31 bits per heavy atom. The Labute approximate surface area is 229 Å². The molecule has 214 valence electrons. The number of aryl methyl sites for hydroxylation is 2. The lowest BCUT2D eigenvalue weighted by Crippen LogP contribution is -2.32. The first-order valence-corrected chi connectivity index (χ1v) is 13.9. The first-order chi connectivity index (χ1) is 18.4. The fourth-order valence-electron chi connectivity index (χ4n) is 4.56. The summed E-state index contributed by atoms with van der Waals surface area (Å²) < 4.78 is 41.8. The monoisotopic (exact) mass is 567 g/mol. The van der Waals surface area contributed by atoms with Crippen molar-refractivity contribution in [3.63, 3.8) is 0 Å². The Morgan fingerprint density at radius 1 is 1.18 bits per heavy atom. The summed E-state index contributed by atoms with van der Waals surface area (Å²) in [6, 6.07) is 0. The van der Waals surface area contributed by atoms with Crippen molar-refractivity contribution in [2.75, 3.05) is 23.7 Å². The van der Waals surface area contributed by atoms with E-state index in [9.17, 15) is 19.5 Å². The number of aromatic nitrogens is 1. The molecule has 0 bridgehead atoms. The first kappa shape index (κ1) is 30.3. The maximum absolute atomic E-state index is 15.8. The van der Waals surface area contributed by atoms with Gasteiger partial charge in [0.1, 0.15) is 22.8 Å². The lowest BCUT2D eigenvalue weighted by Gasteiger charge is -2.34. The van der Waals surface area contributed by atoms with Gasteiger partial charge in [-0.15, -0.1) is 0 Å². The number of carbonyl (C=O) groups is 1. The van der Waals surface area contributed by atoms with Crippen molar-refractivity contribution in [1.29, 1.82) is 0 Å². The topological polar surface area (TPSA) is 132 Å². The highest BCUT2D eigenvalue weighted by Gasteiger charge is 2.37. The number of anilines is 2. The number of nitrogen functional groups attached to an aromatic ring is 1. The molecule has 3 aromatic rings. The van der Waals surface area contributed by atoms with E-state index in [1.165, 1.54) is 16.3 Å². The van der Waals surface area contributed by atoms with E-state index < -0.39 is 45.5 Å². The molecule has 0 saturated heterocycles. The number of carboxylic acids is 1. The summed E-state index contributed by atoms with van der Waals surface area (Å²) in [5.41, 5.74) is 3.67. The molecule has 0 radical (unpaired) electrons. The van der Waals surface area contributed by atoms with E-state index in [0.717, 1.165) is 12.8 Å². The van der Waals surface area contributed by atoms with Crippen molar-refractivity contribution in [3.05, 3.63) is 49.6 Å². The number of nitrogens with two attached hydrogens (primary N) is 1. The standard InChI is InChI=1S/C21H27F2N3O3S.C6H8O3/c1-5-8-25(9-7-10(3)6-2)18-14(22)16(24)12-17(15(18)23)26-11(4)30-20(26)13(19(12)27)21(28)29;1-3-5-4(2)8-6(7)9-5/h10-11H,5-9,24H2,1-4H3,(H,28,29);3H2,1-2H3. The molecular formula is C27H35F2N3O6S. The second-order valence-corrected chi connectivity index (χ2v) is 10.9. The zero-order chi connectivity index (χ0) is 29.2. The molecule has 0 saturated carbocycles. The number of carboxylic acid groups (broad SMARTS) is 1. The first-order valence-electron chi connectivity index (χ1n) is 13.0. The van der Waals surface area contributed by atoms with E-state index in [4.69, 9.17) is 5.73 Å². The van der Waals surface area contributed by atoms with Crippen molar-refractivity contribution in [3.8, 4) is 0 Å². The minimum atomic E-state index is -1.43. The summed E-state index contributed by atoms with van der Waals surface area (Å²) in [5.74, 6) is -2.29. The zero-order valence-corrected chi connectivity index (χ0v) is 23.8. The number of fused-ring (bicyclic) bond motifs is 3. The fourth-order valence-corrected chi connectivity index (χ4v) is 5.70. The normalized spacial score (nSPS) is 14.8. The highest BCUT2D eigenvalue weighted by Crippen LogP contribution is 2.48. The molecule has 2 aromatic heterocycles. The summed E-state index contributed by atoms with van der Waals surface area (Å²) >= 11 is 1.17. The smallest absolute Gasteiger partial charge is 0.477 e. The van der Waals surface area contributed by atoms with Crippen molar-refractivity contribution < 1.29 is 27.5 Å². The number of hydrogen-bond acceptors (Lipinski definition) is 8. The summed E-state index contributed by atoms with van der Waals surface area (Å²) in [6.45, 7) is 12.3. The van der Waals surface area contributed by atoms with Crippen molar-refractivity contribution in [2.24, 2.45) is 5.92 Å². The van der Waals surface area contributed by atoms with Crippen LogP contribution in [0.2, 0.25) is 0 Å². The molecule has 1 aliphatic rings. The van der Waals surface area contributed by atoms with E-state index >= 15 is 8.78 Å². The number of rotatable bonds is 9. The van der Waals surface area contributed by atoms with Crippen LogP contribution in [-0.4, -0.2) is 28.7 Å². The molecule has 3 N–H and O–H groups in total. The summed E-state index contributed by atoms with van der Waals surface area (Å²) in [6.07, 6.45) is 3.10. The van der Waals surface area contributed by atoms with Gasteiger partial charge in [-0.1, -0.05) is 45.9 Å². The van der Waals surface area contributed by atoms with Crippen LogP contribution in [0.1, 0.15) is 81.1 Å². The van der Waals surface area contributed by atoms with Crippen LogP contribution >= 0.6 is 11.8 Å². The second-order valence-electron chi connectivity index (χ2n) is 9.59. The fraction of sp³-hybridized carbons (Fsp3) is 0.519. The molecule has 39 heavy (non-hydrogen) atoms. The van der Waals surface area contributed by atoms with Gasteiger partial charge >= 0.3 is 11.8 Å². The van der Waals surface area contributed by atoms with Crippen LogP contribution in [-0.2, 0) is 6.42 Å². The predicted molar refractivity (Wildman–Crippen MR) is 148 cm³/mol. The SMILES string of the molecule is CCCN(CCC(C)CC)c1c(F)c(N)c2c(=O)c(C(=O)O)c3n(c2c1F)C(C)S3.CCc1oc(=O)oc1C. The quantitative estimate of drug-likeness (QED) is 0.301. The minimum Gasteiger partial charge on any atom is -0.477 e. The Kier molecular flexibility index (Phi) is 9.52. The molecule has 0 spiro atoms. The molecule has 0 amide bonds. The molecule has 3 heterocycles. The van der Waals surface area contributed by atoms with E-state index in [2.05, 4.69) is 22.7 Å². The lowest BCUT2D eigenvalue weighted by molar-refractivity contribution is 0.0689. The Hall–Kier alpha value is -3.28. The molecule has 2 unspecified atom stereocenters. The molecule has 12 heteroatoms. The third kappa shape index (κ3) is 5.70. The average Bonchev–Trinajstić information content (AvgIpc) is 3.21. The van der Waals surface area contributed by atoms with Gasteiger partial charge in [-0.2, -0.15) is 0 Å². The van der Waals surface area contributed by atoms with Gasteiger partial charge in [0, 0.05) is 19.5 Å². The summed E-state index contributed by atoms with van der Waals surface area (Å²) in [4.78, 5) is 36.5. The van der Waals surface area contributed by atoms with Crippen LogP contribution < -0.4 is 21.9 Å². The van der Waals surface area contributed by atoms with Crippen molar-refractivity contribution >= 4 is 40.0 Å². The van der Waals surface area contributed by atoms with Gasteiger partial charge in [-0.25, -0.2) is 18.4 Å². The maximum Gasteiger partial charge on any atom is 0.519 e. The Balaban J connectivity index is 0.000000395. The predicted octanol–water partition coefficient (Wildman–Crippen LogP) is 5.94. The second kappa shape index (κ2) is 12.3. The van der Waals surface area contributed by atoms with E-state index in [0.29, 0.717) is 43.4 Å². The maximum atomic E-state index is 15.8. The number of thioether (sulfide) groups is 1. The van der Waals surface area contributed by atoms with Gasteiger partial charge in [-0.3, -0.25) is 4.79 Å². The minimum absolute atomic E-state index is 0.121. The molecule has 2 atom stereocenters. The number of nitrogens with zero attached hydrogens (tertiary/aromatic N) is 2. The van der Waals surface area contributed by atoms with Gasteiger partial charge in [-0.05, 0) is 32.6 Å². The van der Waals surface area contributed by atoms with Gasteiger partial charge in [0.15, 0.2) is 11.6 Å². The molecule has 9 nitrogen and oxygen atoms in total. The lowest BCUT2D eigenvalue weighted by atomic mass is 10.0. The number of halogens is 2. The molecule has 0 fully saturated rings.